The van der Waals surface area contributed by atoms with E-state index in [1.807, 2.05) is 19.9 Å². The first kappa shape index (κ1) is 15.6. The maximum atomic E-state index is 5.77. The molecule has 2 heteroatoms. The van der Waals surface area contributed by atoms with E-state index in [0.29, 0.717) is 0 Å². The molecule has 0 aliphatic rings. The lowest BCUT2D eigenvalue weighted by atomic mass is 10.0. The van der Waals surface area contributed by atoms with Crippen molar-refractivity contribution in [2.75, 3.05) is 6.54 Å². The second-order valence-electron chi connectivity index (χ2n) is 5.57. The predicted octanol–water partition coefficient (Wildman–Crippen LogP) is 4.64. The standard InChI is InChI=1S/C19H25NO/c1-4-11-20-14-16-7-5-8-17(12-16)18-9-6-10-19(13-18)21-15(2)3/h5-10,12-13,15,20H,4,11,14H2,1-3H3. The number of nitrogens with one attached hydrogen (secondary N) is 1. The average Bonchev–Trinajstić information content (AvgIpc) is 2.47. The van der Waals surface area contributed by atoms with E-state index in [4.69, 9.17) is 4.74 Å². The summed E-state index contributed by atoms with van der Waals surface area (Å²) in [5.41, 5.74) is 3.75. The average molecular weight is 283 g/mol. The van der Waals surface area contributed by atoms with Crippen LogP contribution in [0.25, 0.3) is 11.1 Å². The van der Waals surface area contributed by atoms with Gasteiger partial charge in [-0.2, -0.15) is 0 Å². The minimum Gasteiger partial charge on any atom is -0.491 e. The Morgan fingerprint density at radius 2 is 1.71 bits per heavy atom. The van der Waals surface area contributed by atoms with Gasteiger partial charge < -0.3 is 10.1 Å². The van der Waals surface area contributed by atoms with E-state index in [1.165, 1.54) is 16.7 Å². The van der Waals surface area contributed by atoms with Crippen LogP contribution in [0.5, 0.6) is 5.75 Å². The highest BCUT2D eigenvalue weighted by atomic mass is 16.5. The van der Waals surface area contributed by atoms with Gasteiger partial charge in [-0.05, 0) is 61.7 Å². The van der Waals surface area contributed by atoms with Gasteiger partial charge in [-0.15, -0.1) is 0 Å². The van der Waals surface area contributed by atoms with E-state index in [9.17, 15) is 0 Å². The van der Waals surface area contributed by atoms with Crippen LogP contribution >= 0.6 is 0 Å². The molecule has 0 unspecified atom stereocenters. The van der Waals surface area contributed by atoms with Crippen molar-refractivity contribution in [2.45, 2.75) is 39.8 Å². The Morgan fingerprint density at radius 3 is 2.43 bits per heavy atom. The molecule has 0 aromatic heterocycles. The first-order valence-electron chi connectivity index (χ1n) is 7.76. The second-order valence-corrected chi connectivity index (χ2v) is 5.57. The van der Waals surface area contributed by atoms with Crippen molar-refractivity contribution in [1.82, 2.24) is 5.32 Å². The Hall–Kier alpha value is -1.80. The molecule has 0 spiro atoms. The van der Waals surface area contributed by atoms with Crippen molar-refractivity contribution < 1.29 is 4.74 Å². The zero-order valence-corrected chi connectivity index (χ0v) is 13.2. The lowest BCUT2D eigenvalue weighted by molar-refractivity contribution is 0.242. The summed E-state index contributed by atoms with van der Waals surface area (Å²) < 4.78 is 5.77. The van der Waals surface area contributed by atoms with Gasteiger partial charge >= 0.3 is 0 Å². The predicted molar refractivity (Wildman–Crippen MR) is 89.6 cm³/mol. The Bertz CT molecular complexity index is 563. The molecule has 2 aromatic carbocycles. The summed E-state index contributed by atoms with van der Waals surface area (Å²) in [7, 11) is 0. The summed E-state index contributed by atoms with van der Waals surface area (Å²) in [6.07, 6.45) is 1.36. The summed E-state index contributed by atoms with van der Waals surface area (Å²) in [4.78, 5) is 0. The van der Waals surface area contributed by atoms with E-state index in [1.54, 1.807) is 0 Å². The second kappa shape index (κ2) is 7.84. The van der Waals surface area contributed by atoms with Crippen molar-refractivity contribution in [1.29, 1.82) is 0 Å². The molecule has 0 aliphatic heterocycles. The molecule has 1 N–H and O–H groups in total. The number of rotatable bonds is 7. The fourth-order valence-corrected chi connectivity index (χ4v) is 2.29. The molecule has 112 valence electrons. The third-order valence-electron chi connectivity index (χ3n) is 3.22. The van der Waals surface area contributed by atoms with Crippen molar-refractivity contribution >= 4 is 0 Å². The normalized spacial score (nSPS) is 10.9. The Labute approximate surface area is 128 Å². The molecule has 0 radical (unpaired) electrons. The third kappa shape index (κ3) is 4.91. The molecule has 2 nitrogen and oxygen atoms in total. The summed E-state index contributed by atoms with van der Waals surface area (Å²) >= 11 is 0. The lowest BCUT2D eigenvalue weighted by Gasteiger charge is -2.11. The summed E-state index contributed by atoms with van der Waals surface area (Å²) in [6, 6.07) is 17.0. The molecule has 0 saturated carbocycles. The van der Waals surface area contributed by atoms with Crippen LogP contribution in [0.1, 0.15) is 32.8 Å². The van der Waals surface area contributed by atoms with E-state index in [0.717, 1.165) is 25.3 Å². The number of hydrogen-bond donors (Lipinski definition) is 1. The van der Waals surface area contributed by atoms with Crippen LogP contribution < -0.4 is 10.1 Å². The molecule has 0 saturated heterocycles. The highest BCUT2D eigenvalue weighted by Gasteiger charge is 2.03. The van der Waals surface area contributed by atoms with Crippen molar-refractivity contribution in [2.24, 2.45) is 0 Å². The van der Waals surface area contributed by atoms with E-state index < -0.39 is 0 Å². The van der Waals surface area contributed by atoms with Crippen LogP contribution in [0.2, 0.25) is 0 Å². The molecular weight excluding hydrogens is 258 g/mol. The molecule has 0 atom stereocenters. The van der Waals surface area contributed by atoms with Crippen LogP contribution in [0.15, 0.2) is 48.5 Å². The molecule has 2 rings (SSSR count). The van der Waals surface area contributed by atoms with Gasteiger partial charge in [0.1, 0.15) is 5.75 Å². The molecule has 0 fully saturated rings. The quantitative estimate of drug-likeness (QED) is 0.747. The summed E-state index contributed by atoms with van der Waals surface area (Å²) in [6.45, 7) is 8.26. The van der Waals surface area contributed by atoms with Crippen LogP contribution in [-0.4, -0.2) is 12.6 Å². The van der Waals surface area contributed by atoms with Gasteiger partial charge in [0.2, 0.25) is 0 Å². The van der Waals surface area contributed by atoms with Crippen molar-refractivity contribution in [3.05, 3.63) is 54.1 Å². The smallest absolute Gasteiger partial charge is 0.120 e. The van der Waals surface area contributed by atoms with Gasteiger partial charge in [-0.3, -0.25) is 0 Å². The summed E-state index contributed by atoms with van der Waals surface area (Å²) in [5.74, 6) is 0.928. The van der Waals surface area contributed by atoms with Gasteiger partial charge in [0.15, 0.2) is 0 Å². The van der Waals surface area contributed by atoms with Crippen LogP contribution in [0, 0.1) is 0 Å². The fraction of sp³-hybridized carbons (Fsp3) is 0.368. The Balaban J connectivity index is 2.15. The fourth-order valence-electron chi connectivity index (χ4n) is 2.29. The largest absolute Gasteiger partial charge is 0.491 e. The monoisotopic (exact) mass is 283 g/mol. The Kier molecular flexibility index (Phi) is 5.82. The lowest BCUT2D eigenvalue weighted by Crippen LogP contribution is -2.13. The molecule has 0 amide bonds. The van der Waals surface area contributed by atoms with Gasteiger partial charge in [0.05, 0.1) is 6.10 Å². The van der Waals surface area contributed by atoms with Crippen LogP contribution in [0.4, 0.5) is 0 Å². The van der Waals surface area contributed by atoms with E-state index in [-0.39, 0.29) is 6.10 Å². The highest BCUT2D eigenvalue weighted by molar-refractivity contribution is 5.65. The SMILES string of the molecule is CCCNCc1cccc(-c2cccc(OC(C)C)c2)c1. The van der Waals surface area contributed by atoms with Crippen LogP contribution in [-0.2, 0) is 6.54 Å². The molecular formula is C19H25NO. The van der Waals surface area contributed by atoms with Gasteiger partial charge in [0, 0.05) is 6.54 Å². The zero-order chi connectivity index (χ0) is 15.1. The highest BCUT2D eigenvalue weighted by Crippen LogP contribution is 2.25. The maximum Gasteiger partial charge on any atom is 0.120 e. The van der Waals surface area contributed by atoms with E-state index in [2.05, 4.69) is 54.7 Å². The van der Waals surface area contributed by atoms with E-state index >= 15 is 0 Å². The number of ether oxygens (including phenoxy) is 1. The van der Waals surface area contributed by atoms with Crippen LogP contribution in [0.3, 0.4) is 0 Å². The molecule has 2 aromatic rings. The molecule has 0 heterocycles. The molecule has 0 aliphatic carbocycles. The maximum absolute atomic E-state index is 5.77. The van der Waals surface area contributed by atoms with Gasteiger partial charge in [-0.1, -0.05) is 37.3 Å². The number of benzene rings is 2. The first-order valence-corrected chi connectivity index (χ1v) is 7.76. The minimum absolute atomic E-state index is 0.199. The minimum atomic E-state index is 0.199. The van der Waals surface area contributed by atoms with Gasteiger partial charge in [-0.25, -0.2) is 0 Å². The number of hydrogen-bond acceptors (Lipinski definition) is 2. The third-order valence-corrected chi connectivity index (χ3v) is 3.22. The van der Waals surface area contributed by atoms with Crippen molar-refractivity contribution in [3.8, 4) is 16.9 Å². The topological polar surface area (TPSA) is 21.3 Å². The van der Waals surface area contributed by atoms with Crippen molar-refractivity contribution in [3.63, 3.8) is 0 Å². The molecule has 21 heavy (non-hydrogen) atoms. The zero-order valence-electron chi connectivity index (χ0n) is 13.2. The first-order chi connectivity index (χ1) is 10.2. The molecule has 0 bridgehead atoms. The van der Waals surface area contributed by atoms with Gasteiger partial charge in [0.25, 0.3) is 0 Å². The Morgan fingerprint density at radius 1 is 1.00 bits per heavy atom. The summed E-state index contributed by atoms with van der Waals surface area (Å²) in [5, 5.41) is 3.44.